The van der Waals surface area contributed by atoms with Crippen LogP contribution in [0.4, 0.5) is 0 Å². The Morgan fingerprint density at radius 2 is 1.13 bits per heavy atom. The van der Waals surface area contributed by atoms with Crippen molar-refractivity contribution < 1.29 is 9.47 Å². The molecule has 0 unspecified atom stereocenters. The number of rotatable bonds is 4. The predicted molar refractivity (Wildman–Crippen MR) is 62.9 cm³/mol. The maximum Gasteiger partial charge on any atom is 0.168 e. The highest BCUT2D eigenvalue weighted by atomic mass is 16.7. The smallest absolute Gasteiger partial charge is 0.168 e. The van der Waals surface area contributed by atoms with Crippen LogP contribution < -0.4 is 0 Å². The van der Waals surface area contributed by atoms with Crippen molar-refractivity contribution >= 4 is 0 Å². The molecular weight excluding hydrogens is 188 g/mol. The molecule has 0 aliphatic heterocycles. The zero-order valence-corrected chi connectivity index (χ0v) is 10.7. The van der Waals surface area contributed by atoms with E-state index in [9.17, 15) is 0 Å². The van der Waals surface area contributed by atoms with Crippen molar-refractivity contribution in [2.24, 2.45) is 0 Å². The third-order valence-corrected chi connectivity index (χ3v) is 2.77. The summed E-state index contributed by atoms with van der Waals surface area (Å²) in [5, 5.41) is 0. The molecule has 0 radical (unpaired) electrons. The summed E-state index contributed by atoms with van der Waals surface area (Å²) in [4.78, 5) is 0. The Morgan fingerprint density at radius 1 is 0.733 bits per heavy atom. The third-order valence-electron chi connectivity index (χ3n) is 2.77. The van der Waals surface area contributed by atoms with E-state index in [-0.39, 0.29) is 18.0 Å². The second-order valence-electron chi connectivity index (χ2n) is 5.16. The number of hydrogen-bond donors (Lipinski definition) is 0. The largest absolute Gasteiger partial charge is 0.347 e. The van der Waals surface area contributed by atoms with Crippen molar-refractivity contribution in [3.8, 4) is 0 Å². The second kappa shape index (κ2) is 5.86. The first-order valence-electron chi connectivity index (χ1n) is 6.40. The standard InChI is InChI=1S/C13H26O2/c1-11(2)14-13(15-12(3)4)9-7-5-6-8-10-13/h11-12H,5-10H2,1-4H3. The zero-order valence-electron chi connectivity index (χ0n) is 10.7. The van der Waals surface area contributed by atoms with Crippen molar-refractivity contribution in [1.82, 2.24) is 0 Å². The molecule has 0 heterocycles. The quantitative estimate of drug-likeness (QED) is 0.522. The average molecular weight is 214 g/mol. The predicted octanol–water partition coefficient (Wildman–Crippen LogP) is 3.89. The first-order chi connectivity index (χ1) is 7.04. The monoisotopic (exact) mass is 214 g/mol. The minimum absolute atomic E-state index is 0.252. The van der Waals surface area contributed by atoms with Crippen LogP contribution in [0.1, 0.15) is 66.2 Å². The molecule has 0 saturated heterocycles. The van der Waals surface area contributed by atoms with Crippen molar-refractivity contribution in [2.45, 2.75) is 84.2 Å². The molecule has 0 spiro atoms. The molecule has 2 nitrogen and oxygen atoms in total. The normalized spacial score (nSPS) is 22.0. The molecule has 15 heavy (non-hydrogen) atoms. The lowest BCUT2D eigenvalue weighted by Crippen LogP contribution is -2.39. The fourth-order valence-corrected chi connectivity index (χ4v) is 2.39. The number of ether oxygens (including phenoxy) is 2. The maximum absolute atomic E-state index is 6.05. The Morgan fingerprint density at radius 3 is 1.47 bits per heavy atom. The van der Waals surface area contributed by atoms with Crippen molar-refractivity contribution in [2.75, 3.05) is 0 Å². The van der Waals surface area contributed by atoms with Gasteiger partial charge < -0.3 is 9.47 Å². The summed E-state index contributed by atoms with van der Waals surface area (Å²) in [7, 11) is 0. The summed E-state index contributed by atoms with van der Waals surface area (Å²) in [5.74, 6) is -0.293. The van der Waals surface area contributed by atoms with Crippen molar-refractivity contribution in [1.29, 1.82) is 0 Å². The van der Waals surface area contributed by atoms with Crippen LogP contribution in [0, 0.1) is 0 Å². The fourth-order valence-electron chi connectivity index (χ4n) is 2.39. The van der Waals surface area contributed by atoms with E-state index in [4.69, 9.17) is 9.47 Å². The zero-order chi connectivity index (χ0) is 11.3. The van der Waals surface area contributed by atoms with Gasteiger partial charge >= 0.3 is 0 Å². The van der Waals surface area contributed by atoms with Crippen LogP contribution in [0.5, 0.6) is 0 Å². The van der Waals surface area contributed by atoms with Crippen molar-refractivity contribution in [3.05, 3.63) is 0 Å². The van der Waals surface area contributed by atoms with Gasteiger partial charge in [-0.05, 0) is 40.5 Å². The van der Waals surface area contributed by atoms with Gasteiger partial charge in [-0.25, -0.2) is 0 Å². The lowest BCUT2D eigenvalue weighted by Gasteiger charge is -2.36. The van der Waals surface area contributed by atoms with Gasteiger partial charge in [0.25, 0.3) is 0 Å². The Bertz CT molecular complexity index is 155. The Labute approximate surface area is 94.3 Å². The summed E-state index contributed by atoms with van der Waals surface area (Å²) in [6.07, 6.45) is 7.74. The minimum Gasteiger partial charge on any atom is -0.347 e. The third kappa shape index (κ3) is 4.52. The molecule has 0 aromatic carbocycles. The van der Waals surface area contributed by atoms with Gasteiger partial charge in [-0.1, -0.05) is 12.8 Å². The van der Waals surface area contributed by atoms with Crippen LogP contribution >= 0.6 is 0 Å². The highest BCUT2D eigenvalue weighted by Crippen LogP contribution is 2.33. The summed E-state index contributed by atoms with van der Waals surface area (Å²) < 4.78 is 12.1. The summed E-state index contributed by atoms with van der Waals surface area (Å²) in [6, 6.07) is 0. The van der Waals surface area contributed by atoms with E-state index in [2.05, 4.69) is 27.7 Å². The SMILES string of the molecule is CC(C)OC1(OC(C)C)CCCCCC1. The molecule has 0 bridgehead atoms. The average Bonchev–Trinajstić information content (AvgIpc) is 2.27. The van der Waals surface area contributed by atoms with Crippen LogP contribution in [0.25, 0.3) is 0 Å². The van der Waals surface area contributed by atoms with Crippen LogP contribution in [-0.2, 0) is 9.47 Å². The molecule has 0 aromatic rings. The van der Waals surface area contributed by atoms with Crippen LogP contribution in [-0.4, -0.2) is 18.0 Å². The van der Waals surface area contributed by atoms with E-state index in [1.165, 1.54) is 25.7 Å². The molecule has 0 aromatic heterocycles. The Kier molecular flexibility index (Phi) is 5.07. The molecular formula is C13H26O2. The lowest BCUT2D eigenvalue weighted by atomic mass is 10.1. The Hall–Kier alpha value is -0.0800. The van der Waals surface area contributed by atoms with Gasteiger partial charge in [0, 0.05) is 12.8 Å². The molecule has 0 amide bonds. The Balaban J connectivity index is 2.63. The van der Waals surface area contributed by atoms with E-state index < -0.39 is 0 Å². The molecule has 90 valence electrons. The summed E-state index contributed by atoms with van der Waals surface area (Å²) in [5.41, 5.74) is 0. The molecule has 1 aliphatic rings. The molecule has 2 heteroatoms. The number of hydrogen-bond acceptors (Lipinski definition) is 2. The van der Waals surface area contributed by atoms with E-state index in [0.29, 0.717) is 0 Å². The summed E-state index contributed by atoms with van der Waals surface area (Å²) in [6.45, 7) is 8.37. The van der Waals surface area contributed by atoms with Gasteiger partial charge in [-0.2, -0.15) is 0 Å². The lowest BCUT2D eigenvalue weighted by molar-refractivity contribution is -0.274. The highest BCUT2D eigenvalue weighted by molar-refractivity contribution is 4.75. The van der Waals surface area contributed by atoms with Crippen LogP contribution in [0.15, 0.2) is 0 Å². The van der Waals surface area contributed by atoms with E-state index in [0.717, 1.165) is 12.8 Å². The molecule has 1 fully saturated rings. The molecule has 1 rings (SSSR count). The van der Waals surface area contributed by atoms with E-state index in [1.54, 1.807) is 0 Å². The maximum atomic E-state index is 6.05. The molecule has 1 aliphatic carbocycles. The highest BCUT2D eigenvalue weighted by Gasteiger charge is 2.34. The van der Waals surface area contributed by atoms with Crippen LogP contribution in [0.3, 0.4) is 0 Å². The van der Waals surface area contributed by atoms with E-state index in [1.807, 2.05) is 0 Å². The first-order valence-corrected chi connectivity index (χ1v) is 6.40. The van der Waals surface area contributed by atoms with E-state index >= 15 is 0 Å². The minimum atomic E-state index is -0.293. The van der Waals surface area contributed by atoms with Gasteiger partial charge in [0.05, 0.1) is 12.2 Å². The van der Waals surface area contributed by atoms with Crippen molar-refractivity contribution in [3.63, 3.8) is 0 Å². The first kappa shape index (κ1) is 13.0. The topological polar surface area (TPSA) is 18.5 Å². The summed E-state index contributed by atoms with van der Waals surface area (Å²) >= 11 is 0. The van der Waals surface area contributed by atoms with Gasteiger partial charge in [-0.3, -0.25) is 0 Å². The molecule has 1 saturated carbocycles. The van der Waals surface area contributed by atoms with Crippen LogP contribution in [0.2, 0.25) is 0 Å². The fraction of sp³-hybridized carbons (Fsp3) is 1.00. The molecule has 0 atom stereocenters. The van der Waals surface area contributed by atoms with Gasteiger partial charge in [0.2, 0.25) is 0 Å². The van der Waals surface area contributed by atoms with Gasteiger partial charge in [0.15, 0.2) is 5.79 Å². The second-order valence-corrected chi connectivity index (χ2v) is 5.16. The van der Waals surface area contributed by atoms with Gasteiger partial charge in [-0.15, -0.1) is 0 Å². The molecule has 0 N–H and O–H groups in total. The van der Waals surface area contributed by atoms with Gasteiger partial charge in [0.1, 0.15) is 0 Å².